The minimum atomic E-state index is -0.180. The van der Waals surface area contributed by atoms with Gasteiger partial charge in [-0.25, -0.2) is 4.39 Å². The summed E-state index contributed by atoms with van der Waals surface area (Å²) in [5, 5.41) is 3.66. The average molecular weight is 342 g/mol. The van der Waals surface area contributed by atoms with Crippen molar-refractivity contribution in [1.29, 1.82) is 0 Å². The molecule has 0 heterocycles. The minimum absolute atomic E-state index is 0.180. The van der Waals surface area contributed by atoms with E-state index < -0.39 is 0 Å². The molecule has 0 aliphatic heterocycles. The van der Waals surface area contributed by atoms with Gasteiger partial charge in [0.2, 0.25) is 0 Å². The van der Waals surface area contributed by atoms with Crippen LogP contribution in [0.1, 0.15) is 52.0 Å². The molecule has 0 aromatic heterocycles. The van der Waals surface area contributed by atoms with Gasteiger partial charge in [0, 0.05) is 12.6 Å². The summed E-state index contributed by atoms with van der Waals surface area (Å²) in [6.07, 6.45) is 5.18. The molecule has 0 amide bonds. The van der Waals surface area contributed by atoms with E-state index in [1.165, 1.54) is 25.7 Å². The number of halogens is 2. The maximum atomic E-state index is 13.5. The zero-order chi connectivity index (χ0) is 14.8. The molecule has 1 aromatic rings. The highest BCUT2D eigenvalue weighted by Crippen LogP contribution is 2.38. The number of nitrogens with one attached hydrogen (secondary N) is 1. The Morgan fingerprint density at radius 2 is 1.95 bits per heavy atom. The molecule has 0 spiro atoms. The number of hydrogen-bond acceptors (Lipinski definition) is 1. The summed E-state index contributed by atoms with van der Waals surface area (Å²) < 4.78 is 14.1. The van der Waals surface area contributed by atoms with Crippen molar-refractivity contribution < 1.29 is 4.39 Å². The first-order valence-electron chi connectivity index (χ1n) is 7.55. The topological polar surface area (TPSA) is 12.0 Å². The highest BCUT2D eigenvalue weighted by Gasteiger charge is 2.33. The van der Waals surface area contributed by atoms with E-state index in [1.54, 1.807) is 12.1 Å². The van der Waals surface area contributed by atoms with Crippen molar-refractivity contribution in [2.75, 3.05) is 0 Å². The van der Waals surface area contributed by atoms with Crippen molar-refractivity contribution in [3.63, 3.8) is 0 Å². The van der Waals surface area contributed by atoms with Crippen molar-refractivity contribution in [3.05, 3.63) is 34.1 Å². The van der Waals surface area contributed by atoms with Crippen LogP contribution in [0.3, 0.4) is 0 Å². The lowest BCUT2D eigenvalue weighted by atomic mass is 9.69. The van der Waals surface area contributed by atoms with Gasteiger partial charge in [0.1, 0.15) is 5.82 Å². The summed E-state index contributed by atoms with van der Waals surface area (Å²) in [6.45, 7) is 7.74. The monoisotopic (exact) mass is 341 g/mol. The van der Waals surface area contributed by atoms with Crippen LogP contribution in [-0.4, -0.2) is 6.04 Å². The van der Waals surface area contributed by atoms with Crippen molar-refractivity contribution in [2.45, 2.75) is 59.0 Å². The molecular weight excluding hydrogens is 317 g/mol. The Balaban J connectivity index is 1.99. The van der Waals surface area contributed by atoms with E-state index in [0.29, 0.717) is 21.8 Å². The van der Waals surface area contributed by atoms with Gasteiger partial charge in [-0.15, -0.1) is 0 Å². The second-order valence-electron chi connectivity index (χ2n) is 6.99. The zero-order valence-corrected chi connectivity index (χ0v) is 14.3. The van der Waals surface area contributed by atoms with Gasteiger partial charge in [-0.3, -0.25) is 0 Å². The molecule has 0 saturated heterocycles. The predicted octanol–water partition coefficient (Wildman–Crippen LogP) is 5.28. The summed E-state index contributed by atoms with van der Waals surface area (Å²) >= 11 is 3.20. The molecule has 1 aliphatic carbocycles. The highest BCUT2D eigenvalue weighted by molar-refractivity contribution is 9.10. The van der Waals surface area contributed by atoms with Crippen LogP contribution in [0, 0.1) is 17.2 Å². The Morgan fingerprint density at radius 3 is 2.60 bits per heavy atom. The van der Waals surface area contributed by atoms with E-state index >= 15 is 0 Å². The molecule has 0 bridgehead atoms. The number of benzene rings is 1. The Labute approximate surface area is 130 Å². The van der Waals surface area contributed by atoms with Crippen molar-refractivity contribution >= 4 is 15.9 Å². The van der Waals surface area contributed by atoms with E-state index in [2.05, 4.69) is 42.0 Å². The van der Waals surface area contributed by atoms with Crippen LogP contribution in [0.2, 0.25) is 0 Å². The van der Waals surface area contributed by atoms with Crippen LogP contribution in [0.25, 0.3) is 0 Å². The summed E-state index contributed by atoms with van der Waals surface area (Å²) in [6, 6.07) is 5.94. The number of rotatable bonds is 3. The maximum Gasteiger partial charge on any atom is 0.137 e. The molecule has 112 valence electrons. The standard InChI is InChI=1S/C17H25BrFN/c1-17(2,3)13-6-4-5-7-16(13)20-11-12-8-9-14(18)15(19)10-12/h8-10,13,16,20H,4-7,11H2,1-3H3. The Morgan fingerprint density at radius 1 is 1.25 bits per heavy atom. The van der Waals surface area contributed by atoms with Crippen molar-refractivity contribution in [3.8, 4) is 0 Å². The van der Waals surface area contributed by atoms with Gasteiger partial charge in [-0.2, -0.15) is 0 Å². The van der Waals surface area contributed by atoms with Crippen LogP contribution >= 0.6 is 15.9 Å². The Hall–Kier alpha value is -0.410. The Kier molecular flexibility index (Phi) is 5.25. The van der Waals surface area contributed by atoms with Gasteiger partial charge in [0.25, 0.3) is 0 Å². The van der Waals surface area contributed by atoms with E-state index in [4.69, 9.17) is 0 Å². The van der Waals surface area contributed by atoms with Gasteiger partial charge in [-0.05, 0) is 57.8 Å². The summed E-state index contributed by atoms with van der Waals surface area (Å²) in [5.74, 6) is 0.525. The molecule has 0 radical (unpaired) electrons. The van der Waals surface area contributed by atoms with Gasteiger partial charge in [0.05, 0.1) is 4.47 Å². The fourth-order valence-electron chi connectivity index (χ4n) is 3.31. The van der Waals surface area contributed by atoms with Crippen LogP contribution < -0.4 is 5.32 Å². The molecule has 2 atom stereocenters. The zero-order valence-electron chi connectivity index (χ0n) is 12.7. The SMILES string of the molecule is CC(C)(C)C1CCCCC1NCc1ccc(Br)c(F)c1. The van der Waals surface area contributed by atoms with Gasteiger partial charge < -0.3 is 5.32 Å². The molecule has 20 heavy (non-hydrogen) atoms. The van der Waals surface area contributed by atoms with Crippen LogP contribution in [0.15, 0.2) is 22.7 Å². The summed E-state index contributed by atoms with van der Waals surface area (Å²) in [4.78, 5) is 0. The molecule has 3 heteroatoms. The molecule has 2 unspecified atom stereocenters. The molecule has 1 aromatic carbocycles. The number of hydrogen-bond donors (Lipinski definition) is 1. The third-order valence-corrected chi connectivity index (χ3v) is 5.07. The molecule has 1 saturated carbocycles. The third kappa shape index (κ3) is 4.05. The predicted molar refractivity (Wildman–Crippen MR) is 86.1 cm³/mol. The Bertz CT molecular complexity index is 453. The molecule has 1 N–H and O–H groups in total. The van der Waals surface area contributed by atoms with Crippen molar-refractivity contribution in [1.82, 2.24) is 5.32 Å². The van der Waals surface area contributed by atoms with Gasteiger partial charge in [0.15, 0.2) is 0 Å². The lowest BCUT2D eigenvalue weighted by molar-refractivity contribution is 0.130. The lowest BCUT2D eigenvalue weighted by Crippen LogP contribution is -2.43. The fraction of sp³-hybridized carbons (Fsp3) is 0.647. The largest absolute Gasteiger partial charge is 0.310 e. The summed E-state index contributed by atoms with van der Waals surface area (Å²) in [7, 11) is 0. The third-order valence-electron chi connectivity index (χ3n) is 4.43. The van der Waals surface area contributed by atoms with E-state index in [1.807, 2.05) is 6.07 Å². The highest BCUT2D eigenvalue weighted by atomic mass is 79.9. The van der Waals surface area contributed by atoms with Crippen molar-refractivity contribution in [2.24, 2.45) is 11.3 Å². The smallest absolute Gasteiger partial charge is 0.137 e. The van der Waals surface area contributed by atoms with Crippen LogP contribution in [0.5, 0.6) is 0 Å². The maximum absolute atomic E-state index is 13.5. The van der Waals surface area contributed by atoms with Gasteiger partial charge >= 0.3 is 0 Å². The minimum Gasteiger partial charge on any atom is -0.310 e. The molecular formula is C17H25BrFN. The molecule has 1 aliphatic rings. The summed E-state index contributed by atoms with van der Waals surface area (Å²) in [5.41, 5.74) is 1.35. The molecule has 1 fully saturated rings. The van der Waals surface area contributed by atoms with E-state index in [-0.39, 0.29) is 5.82 Å². The molecule has 2 rings (SSSR count). The fourth-order valence-corrected chi connectivity index (χ4v) is 3.56. The van der Waals surface area contributed by atoms with Crippen LogP contribution in [0.4, 0.5) is 4.39 Å². The second-order valence-corrected chi connectivity index (χ2v) is 7.85. The quantitative estimate of drug-likeness (QED) is 0.788. The van der Waals surface area contributed by atoms with E-state index in [0.717, 1.165) is 12.1 Å². The first-order valence-corrected chi connectivity index (χ1v) is 8.34. The lowest BCUT2D eigenvalue weighted by Gasteiger charge is -2.41. The second kappa shape index (κ2) is 6.57. The van der Waals surface area contributed by atoms with Crippen LogP contribution in [-0.2, 0) is 6.54 Å². The first-order chi connectivity index (χ1) is 9.38. The first kappa shape index (κ1) is 16.0. The average Bonchev–Trinajstić information content (AvgIpc) is 2.39. The van der Waals surface area contributed by atoms with E-state index in [9.17, 15) is 4.39 Å². The molecule has 1 nitrogen and oxygen atoms in total. The van der Waals surface area contributed by atoms with Gasteiger partial charge in [-0.1, -0.05) is 39.7 Å². The normalized spacial score (nSPS) is 23.9.